The van der Waals surface area contributed by atoms with Gasteiger partial charge in [-0.25, -0.2) is 28.3 Å². The summed E-state index contributed by atoms with van der Waals surface area (Å²) >= 11 is 2.15. The van der Waals surface area contributed by atoms with Crippen molar-refractivity contribution in [2.24, 2.45) is 0 Å². The molecule has 0 radical (unpaired) electrons. The summed E-state index contributed by atoms with van der Waals surface area (Å²) in [5.41, 5.74) is 2.34. The van der Waals surface area contributed by atoms with Gasteiger partial charge in [0.15, 0.2) is 22.6 Å². The van der Waals surface area contributed by atoms with Crippen LogP contribution in [0.4, 0.5) is 0 Å². The zero-order valence-electron chi connectivity index (χ0n) is 66.2. The molecule has 14 rings (SSSR count). The van der Waals surface area contributed by atoms with Crippen molar-refractivity contribution in [1.29, 1.82) is 0 Å². The van der Waals surface area contributed by atoms with E-state index in [9.17, 15) is 19.8 Å². The van der Waals surface area contributed by atoms with Gasteiger partial charge in [-0.3, -0.25) is 0 Å². The number of carbonyl (C=O) groups excluding carboxylic acids is 2. The van der Waals surface area contributed by atoms with Crippen molar-refractivity contribution in [2.45, 2.75) is 89.9 Å². The molecule has 2 atom stereocenters. The van der Waals surface area contributed by atoms with Crippen LogP contribution in [0.5, 0.6) is 0 Å². The first-order chi connectivity index (χ1) is 55.8. The maximum atomic E-state index is 12.2. The summed E-state index contributed by atoms with van der Waals surface area (Å²) in [6, 6.07) is 97.2. The number of aliphatic hydroxyl groups is 2. The number of halogens is 3. The molecule has 0 aliphatic rings. The Labute approximate surface area is 713 Å². The standard InChI is InChI=1S/C27H31N5O4Si.2C18H15P.C15H11IN2O2.C12H21N3O2Si.2ClH.Pd/c1-27(34,24-18-31(30-28-24)19-36-15-16-37(3,4)5)14-13-20-9-8-10-21(17-20)32-23-12-7-6-11-22(23)25(29-32)26(33)35-2;2*1-4-10-16(11-5-1)19(17-12-6-2-7-13-17)18-14-8-3-9-15-18;1-20-15(19)14-12-7-2-3-8-13(12)18(17-14)11-6-4-5-10(16)9-11;1-6-12(2,16)11-9-15(14-13-11)10-17-7-8-18(3,4)5;;;/h6-12,17-18,34H,15-16,19H2,1-5H3;2*1-15H;2-9H,1H3;1,9,16H,7-8,10H2,2-5H3;2*1H;/q;;;;;;;+2/p-2. The van der Waals surface area contributed by atoms with Gasteiger partial charge in [0.1, 0.15) is 24.8 Å². The Morgan fingerprint density at radius 2 is 0.810 bits per heavy atom. The van der Waals surface area contributed by atoms with Gasteiger partial charge in [-0.2, -0.15) is 10.2 Å². The molecule has 0 amide bonds. The summed E-state index contributed by atoms with van der Waals surface area (Å²) in [7, 11) is 9.20. The van der Waals surface area contributed by atoms with Gasteiger partial charge < -0.3 is 29.2 Å². The topological polar surface area (TPSA) is 209 Å². The van der Waals surface area contributed by atoms with Gasteiger partial charge in [-0.05, 0) is 145 Å². The minimum atomic E-state index is -1.51. The minimum Gasteiger partial charge on any atom is -0.0622 e. The molecule has 4 heterocycles. The van der Waals surface area contributed by atoms with Gasteiger partial charge in [0, 0.05) is 49.3 Å². The van der Waals surface area contributed by atoms with Crippen molar-refractivity contribution >= 4 is 139 Å². The van der Waals surface area contributed by atoms with Crippen LogP contribution >= 0.6 is 57.5 Å². The number of carbonyl (C=O) groups is 2. The van der Waals surface area contributed by atoms with Crippen LogP contribution in [-0.4, -0.2) is 115 Å². The number of nitrogens with zero attached hydrogens (tertiary/aromatic N) is 10. The Bertz CT molecular complexity index is 5210. The van der Waals surface area contributed by atoms with Crippen molar-refractivity contribution < 1.29 is 54.7 Å². The largest absolute Gasteiger partial charge is 0.0622 e. The first-order valence-electron chi connectivity index (χ1n) is 37.0. The van der Waals surface area contributed by atoms with E-state index in [-0.39, 0.29) is 28.4 Å². The van der Waals surface area contributed by atoms with E-state index < -0.39 is 55.1 Å². The number of para-hydroxylation sites is 2. The molecule has 116 heavy (non-hydrogen) atoms. The average Bonchev–Trinajstić information content (AvgIpc) is 1.63. The van der Waals surface area contributed by atoms with E-state index in [1.807, 2.05) is 97.1 Å². The van der Waals surface area contributed by atoms with Gasteiger partial charge in [-0.15, -0.1) is 16.6 Å². The van der Waals surface area contributed by atoms with E-state index in [0.29, 0.717) is 41.4 Å². The van der Waals surface area contributed by atoms with E-state index in [2.05, 4.69) is 292 Å². The second-order valence-electron chi connectivity index (χ2n) is 28.8. The van der Waals surface area contributed by atoms with E-state index in [4.69, 9.17) is 44.4 Å². The maximum absolute atomic E-state index is 12.2. The van der Waals surface area contributed by atoms with Gasteiger partial charge in [-0.1, -0.05) is 298 Å². The molecule has 18 nitrogen and oxygen atoms in total. The molecule has 0 spiro atoms. The smallest absolute Gasteiger partial charge is 0.0134 e. The summed E-state index contributed by atoms with van der Waals surface area (Å²) in [6.45, 7) is 18.9. The zero-order chi connectivity index (χ0) is 83.1. The molecular weight excluding hydrogens is 1770 g/mol. The van der Waals surface area contributed by atoms with Crippen molar-refractivity contribution in [1.82, 2.24) is 49.5 Å². The number of benzene rings is 10. The third kappa shape index (κ3) is 27.1. The Balaban J connectivity index is 0.000000170. The summed E-state index contributed by atoms with van der Waals surface area (Å²) in [5.74, 6) is 7.25. The molecule has 2 unspecified atom stereocenters. The summed E-state index contributed by atoms with van der Waals surface area (Å²) in [4.78, 5) is 24.1. The third-order valence-corrected chi connectivity index (χ3v) is 26.4. The number of fused-ring (bicyclic) bond motifs is 2. The molecule has 2 N–H and O–H groups in total. The Hall–Kier alpha value is -9.41. The molecule has 14 aromatic rings. The van der Waals surface area contributed by atoms with E-state index >= 15 is 0 Å². The van der Waals surface area contributed by atoms with Crippen molar-refractivity contribution in [3.05, 3.63) is 323 Å². The number of aromatic nitrogens is 10. The van der Waals surface area contributed by atoms with Gasteiger partial charge in [0.2, 0.25) is 0 Å². The number of hydrogen-bond donors (Lipinski definition) is 2. The van der Waals surface area contributed by atoms with Crippen molar-refractivity contribution in [2.75, 3.05) is 27.4 Å². The summed E-state index contributed by atoms with van der Waals surface area (Å²) in [6.07, 6.45) is 8.46. The number of esters is 2. The van der Waals surface area contributed by atoms with Crippen molar-refractivity contribution in [3.63, 3.8) is 0 Å². The number of methoxy groups -OCH3 is 2. The van der Waals surface area contributed by atoms with Crippen LogP contribution in [0.15, 0.2) is 291 Å². The molecule has 0 fully saturated rings. The SMILES string of the molecule is C#CC(C)(O)c1cn(COCC[Si](C)(C)C)nn1.COC(=O)c1nn(-c2cccc(C#CC(C)(O)c3cn(COCC[Si](C)(C)C)nn3)c2)c2ccccc12.COC(=O)c1nn(-c2cccc(I)c2)c2ccccc12.[Cl][Pd][Cl].c1ccc(P(c2ccccc2)c2ccccc2)cc1.c1ccc(P(c2ccccc2)c2ccccc2)cc1. The van der Waals surface area contributed by atoms with Gasteiger partial charge >= 0.3 is 46.9 Å². The molecule has 0 bridgehead atoms. The van der Waals surface area contributed by atoms with E-state index in [0.717, 1.165) is 50.1 Å². The minimum absolute atomic E-state index is 0.106. The number of rotatable bonds is 22. The first-order valence-corrected chi connectivity index (χ1v) is 52.2. The molecule has 600 valence electrons. The fraction of sp³-hybridized carbons (Fsp3) is 0.200. The van der Waals surface area contributed by atoms with Gasteiger partial charge in [0.25, 0.3) is 0 Å². The molecule has 0 saturated carbocycles. The molecule has 4 aromatic heterocycles. The van der Waals surface area contributed by atoms with Crippen LogP contribution < -0.4 is 31.8 Å². The van der Waals surface area contributed by atoms with E-state index in [1.54, 1.807) is 33.4 Å². The predicted molar refractivity (Wildman–Crippen MR) is 483 cm³/mol. The predicted octanol–water partition coefficient (Wildman–Crippen LogP) is 17.1. The maximum Gasteiger partial charge on any atom is -0.0134 e. The monoisotopic (exact) mass is 1860 g/mol. The molecule has 0 aliphatic carbocycles. The van der Waals surface area contributed by atoms with Crippen LogP contribution in [0.1, 0.15) is 51.8 Å². The second-order valence-corrected chi connectivity index (χ2v) is 48.1. The molecule has 0 saturated heterocycles. The third-order valence-electron chi connectivity index (χ3n) is 17.4. The normalized spacial score (nSPS) is 12.0. The average molecular weight is 1870 g/mol. The molecule has 10 aromatic carbocycles. The molecule has 26 heteroatoms. The fourth-order valence-corrected chi connectivity index (χ4v) is 17.9. The van der Waals surface area contributed by atoms with Crippen molar-refractivity contribution in [3.8, 4) is 35.6 Å². The molecular formula is C90H93Cl2IN10O8P2PdSi2. The summed E-state index contributed by atoms with van der Waals surface area (Å²) < 4.78 is 28.6. The second kappa shape index (κ2) is 44.8. The van der Waals surface area contributed by atoms with Crippen LogP contribution in [0.3, 0.4) is 0 Å². The number of ether oxygens (including phenoxy) is 4. The molecule has 0 aliphatic heterocycles. The van der Waals surface area contributed by atoms with E-state index in [1.165, 1.54) is 57.7 Å². The van der Waals surface area contributed by atoms with Crippen LogP contribution in [0.2, 0.25) is 51.4 Å². The summed E-state index contributed by atoms with van der Waals surface area (Å²) in [5, 5.41) is 55.4. The Kier molecular flexibility index (Phi) is 34.9. The quantitative estimate of drug-likeness (QED) is 0.0162. The van der Waals surface area contributed by atoms with Crippen LogP contribution in [-0.2, 0) is 59.6 Å². The Morgan fingerprint density at radius 3 is 1.15 bits per heavy atom. The first kappa shape index (κ1) is 90.5. The van der Waals surface area contributed by atoms with Crippen LogP contribution in [0, 0.1) is 27.8 Å². The Morgan fingerprint density at radius 1 is 0.483 bits per heavy atom. The zero-order valence-corrected chi connectivity index (χ0v) is 75.2. The number of hydrogen-bond acceptors (Lipinski definition) is 14. The fourth-order valence-electron chi connectivity index (χ4n) is 11.3. The van der Waals surface area contributed by atoms with Crippen LogP contribution in [0.25, 0.3) is 33.2 Å². The number of terminal acetylenes is 1. The van der Waals surface area contributed by atoms with Gasteiger partial charge in [0.05, 0.1) is 49.0 Å².